The lowest BCUT2D eigenvalue weighted by Gasteiger charge is -2.23. The molecule has 0 saturated carbocycles. The second-order valence-electron chi connectivity index (χ2n) is 4.12. The first-order chi connectivity index (χ1) is 8.29. The molecule has 1 unspecified atom stereocenters. The van der Waals surface area contributed by atoms with Crippen LogP contribution in [0.15, 0.2) is 16.7 Å². The Kier molecular flexibility index (Phi) is 2.64. The molecule has 90 valence electrons. The Morgan fingerprint density at radius 3 is 3.24 bits per heavy atom. The number of furan rings is 1. The number of fused-ring (bicyclic) bond motifs is 1. The van der Waals surface area contributed by atoms with Crippen LogP contribution < -0.4 is 4.90 Å². The summed E-state index contributed by atoms with van der Waals surface area (Å²) in [4.78, 5) is 10.4. The Morgan fingerprint density at radius 1 is 1.53 bits per heavy atom. The second kappa shape index (κ2) is 4.16. The third-order valence-corrected chi connectivity index (χ3v) is 3.29. The summed E-state index contributed by atoms with van der Waals surface area (Å²) in [7, 11) is 0. The van der Waals surface area contributed by atoms with Gasteiger partial charge in [0.15, 0.2) is 11.4 Å². The molecule has 1 aliphatic rings. The van der Waals surface area contributed by atoms with Crippen LogP contribution in [0.1, 0.15) is 12.8 Å². The average molecular weight is 254 g/mol. The highest BCUT2D eigenvalue weighted by molar-refractivity contribution is 6.28. The highest BCUT2D eigenvalue weighted by Gasteiger charge is 2.28. The van der Waals surface area contributed by atoms with Gasteiger partial charge in [0.2, 0.25) is 5.28 Å². The molecule has 17 heavy (non-hydrogen) atoms. The van der Waals surface area contributed by atoms with Crippen molar-refractivity contribution in [3.63, 3.8) is 0 Å². The third-order valence-electron chi connectivity index (χ3n) is 3.12. The van der Waals surface area contributed by atoms with Crippen molar-refractivity contribution in [3.8, 4) is 0 Å². The molecule has 1 saturated heterocycles. The minimum Gasteiger partial charge on any atom is -0.459 e. The van der Waals surface area contributed by atoms with Crippen LogP contribution in [0.25, 0.3) is 11.1 Å². The number of hydrogen-bond donors (Lipinski definition) is 1. The number of anilines is 1. The zero-order valence-corrected chi connectivity index (χ0v) is 9.89. The van der Waals surface area contributed by atoms with Crippen LogP contribution in [-0.2, 0) is 0 Å². The predicted molar refractivity (Wildman–Crippen MR) is 64.3 cm³/mol. The molecule has 0 radical (unpaired) electrons. The maximum Gasteiger partial charge on any atom is 0.225 e. The van der Waals surface area contributed by atoms with Gasteiger partial charge in [-0.3, -0.25) is 0 Å². The van der Waals surface area contributed by atoms with E-state index in [0.717, 1.165) is 19.4 Å². The molecule has 0 spiro atoms. The Morgan fingerprint density at radius 2 is 2.41 bits per heavy atom. The highest BCUT2D eigenvalue weighted by Crippen LogP contribution is 2.31. The van der Waals surface area contributed by atoms with Crippen molar-refractivity contribution in [1.82, 2.24) is 9.97 Å². The summed E-state index contributed by atoms with van der Waals surface area (Å²) in [6.07, 6.45) is 3.57. The molecular formula is C11H12ClN3O2. The van der Waals surface area contributed by atoms with Crippen molar-refractivity contribution >= 4 is 28.5 Å². The summed E-state index contributed by atoms with van der Waals surface area (Å²) < 4.78 is 5.40. The molecule has 3 rings (SSSR count). The fraction of sp³-hybridized carbons (Fsp3) is 0.455. The fourth-order valence-electron chi connectivity index (χ4n) is 2.32. The van der Waals surface area contributed by atoms with Crippen molar-refractivity contribution in [2.45, 2.75) is 18.9 Å². The van der Waals surface area contributed by atoms with Gasteiger partial charge < -0.3 is 14.4 Å². The summed E-state index contributed by atoms with van der Waals surface area (Å²) in [5.41, 5.74) is 1.33. The average Bonchev–Trinajstić information content (AvgIpc) is 2.95. The smallest absolute Gasteiger partial charge is 0.225 e. The van der Waals surface area contributed by atoms with Gasteiger partial charge in [0.1, 0.15) is 5.52 Å². The summed E-state index contributed by atoms with van der Waals surface area (Å²) in [6.45, 7) is 0.970. The van der Waals surface area contributed by atoms with Crippen molar-refractivity contribution in [1.29, 1.82) is 0 Å². The van der Waals surface area contributed by atoms with Crippen LogP contribution in [-0.4, -0.2) is 34.3 Å². The van der Waals surface area contributed by atoms with Gasteiger partial charge in [0, 0.05) is 12.6 Å². The van der Waals surface area contributed by atoms with E-state index in [9.17, 15) is 5.11 Å². The fourth-order valence-corrected chi connectivity index (χ4v) is 2.49. The van der Waals surface area contributed by atoms with E-state index < -0.39 is 0 Å². The molecule has 0 aliphatic carbocycles. The Balaban J connectivity index is 2.12. The Bertz CT molecular complexity index is 542. The van der Waals surface area contributed by atoms with E-state index >= 15 is 0 Å². The molecule has 1 fully saturated rings. The van der Waals surface area contributed by atoms with Crippen molar-refractivity contribution in [2.75, 3.05) is 18.1 Å². The molecule has 1 atom stereocenters. The van der Waals surface area contributed by atoms with Crippen molar-refractivity contribution in [3.05, 3.63) is 17.6 Å². The maximum atomic E-state index is 9.34. The van der Waals surface area contributed by atoms with E-state index in [4.69, 9.17) is 16.0 Å². The third kappa shape index (κ3) is 1.75. The SMILES string of the molecule is OCC1CCCN1c1nc(Cl)nc2ccoc12. The van der Waals surface area contributed by atoms with Gasteiger partial charge in [-0.15, -0.1) is 0 Å². The van der Waals surface area contributed by atoms with E-state index in [1.54, 1.807) is 12.3 Å². The van der Waals surface area contributed by atoms with Crippen molar-refractivity contribution < 1.29 is 9.52 Å². The number of hydrogen-bond acceptors (Lipinski definition) is 5. The predicted octanol–water partition coefficient (Wildman–Crippen LogP) is 1.84. The van der Waals surface area contributed by atoms with Crippen LogP contribution in [0.2, 0.25) is 5.28 Å². The van der Waals surface area contributed by atoms with Gasteiger partial charge in [0.25, 0.3) is 0 Å². The molecule has 2 aromatic rings. The lowest BCUT2D eigenvalue weighted by molar-refractivity contribution is 0.266. The number of aromatic nitrogens is 2. The monoisotopic (exact) mass is 253 g/mol. The number of halogens is 1. The molecule has 0 amide bonds. The summed E-state index contributed by atoms with van der Waals surface area (Å²) in [6, 6.07) is 1.85. The van der Waals surface area contributed by atoms with Gasteiger partial charge in [0.05, 0.1) is 18.9 Å². The first kappa shape index (κ1) is 10.8. The van der Waals surface area contributed by atoms with Crippen LogP contribution in [0.4, 0.5) is 5.82 Å². The van der Waals surface area contributed by atoms with E-state index in [1.165, 1.54) is 0 Å². The maximum absolute atomic E-state index is 9.34. The van der Waals surface area contributed by atoms with Gasteiger partial charge in [-0.05, 0) is 24.4 Å². The lowest BCUT2D eigenvalue weighted by atomic mass is 10.2. The number of rotatable bonds is 2. The number of aliphatic hydroxyl groups is 1. The molecular weight excluding hydrogens is 242 g/mol. The first-order valence-corrected chi connectivity index (χ1v) is 5.95. The van der Waals surface area contributed by atoms with Crippen LogP contribution in [0.3, 0.4) is 0 Å². The quantitative estimate of drug-likeness (QED) is 0.828. The largest absolute Gasteiger partial charge is 0.459 e. The van der Waals surface area contributed by atoms with E-state index in [1.807, 2.05) is 4.90 Å². The van der Waals surface area contributed by atoms with Gasteiger partial charge in [-0.25, -0.2) is 4.98 Å². The Hall–Kier alpha value is -1.33. The summed E-state index contributed by atoms with van der Waals surface area (Å²) in [5, 5.41) is 9.55. The van der Waals surface area contributed by atoms with Crippen LogP contribution >= 0.6 is 11.6 Å². The molecule has 0 aromatic carbocycles. The molecule has 1 N–H and O–H groups in total. The minimum atomic E-state index is 0.0919. The molecule has 5 nitrogen and oxygen atoms in total. The molecule has 1 aliphatic heterocycles. The van der Waals surface area contributed by atoms with Gasteiger partial charge in [-0.2, -0.15) is 4.98 Å². The van der Waals surface area contributed by atoms with Gasteiger partial charge in [-0.1, -0.05) is 0 Å². The highest BCUT2D eigenvalue weighted by atomic mass is 35.5. The number of nitrogens with zero attached hydrogens (tertiary/aromatic N) is 3. The van der Waals surface area contributed by atoms with Crippen LogP contribution in [0, 0.1) is 0 Å². The van der Waals surface area contributed by atoms with E-state index in [0.29, 0.717) is 16.9 Å². The molecule has 0 bridgehead atoms. The standard InChI is InChI=1S/C11H12ClN3O2/c12-11-13-8-3-5-17-9(8)10(14-11)15-4-1-2-7(15)6-16/h3,5,7,16H,1-2,4,6H2. The van der Waals surface area contributed by atoms with E-state index in [-0.39, 0.29) is 17.9 Å². The zero-order valence-electron chi connectivity index (χ0n) is 9.14. The van der Waals surface area contributed by atoms with Crippen LogP contribution in [0.5, 0.6) is 0 Å². The van der Waals surface area contributed by atoms with E-state index in [2.05, 4.69) is 9.97 Å². The summed E-state index contributed by atoms with van der Waals surface area (Å²) >= 11 is 5.90. The second-order valence-corrected chi connectivity index (χ2v) is 4.46. The lowest BCUT2D eigenvalue weighted by Crippen LogP contribution is -2.32. The Labute approximate surface area is 103 Å². The molecule has 6 heteroatoms. The zero-order chi connectivity index (χ0) is 11.8. The number of aliphatic hydroxyl groups excluding tert-OH is 1. The molecule has 3 heterocycles. The molecule has 2 aromatic heterocycles. The topological polar surface area (TPSA) is 62.4 Å². The van der Waals surface area contributed by atoms with Gasteiger partial charge >= 0.3 is 0 Å². The van der Waals surface area contributed by atoms with Crippen molar-refractivity contribution in [2.24, 2.45) is 0 Å². The summed E-state index contributed by atoms with van der Waals surface area (Å²) in [5.74, 6) is 0.682. The minimum absolute atomic E-state index is 0.0919. The first-order valence-electron chi connectivity index (χ1n) is 5.58. The normalized spacial score (nSPS) is 20.4.